The lowest BCUT2D eigenvalue weighted by atomic mass is 9.96. The van der Waals surface area contributed by atoms with Crippen molar-refractivity contribution in [3.05, 3.63) is 23.4 Å². The van der Waals surface area contributed by atoms with Crippen LogP contribution >= 0.6 is 0 Å². The minimum Gasteiger partial charge on any atom is -0.350 e. The molecule has 0 aliphatic carbocycles. The standard InChI is InChI=1S/C12H14F3N3/c1-7-9-4-8(12(13,14)15)5-17-11(9)18-3-2-16-6-10(7)18/h4-5,7,10,16H,2-3,6H2,1H3/t7-,10-/m0/s1. The Balaban J connectivity index is 2.03. The summed E-state index contributed by atoms with van der Waals surface area (Å²) in [4.78, 5) is 6.16. The number of hydrogen-bond donors (Lipinski definition) is 1. The topological polar surface area (TPSA) is 28.2 Å². The van der Waals surface area contributed by atoms with Gasteiger partial charge in [0.25, 0.3) is 0 Å². The third-order valence-electron chi connectivity index (χ3n) is 3.85. The van der Waals surface area contributed by atoms with Gasteiger partial charge in [-0.2, -0.15) is 13.2 Å². The Morgan fingerprint density at radius 2 is 2.22 bits per heavy atom. The molecule has 3 heterocycles. The molecule has 6 heteroatoms. The van der Waals surface area contributed by atoms with Crippen LogP contribution in [0.1, 0.15) is 24.0 Å². The largest absolute Gasteiger partial charge is 0.417 e. The van der Waals surface area contributed by atoms with Crippen molar-refractivity contribution in [1.82, 2.24) is 10.3 Å². The first-order valence-corrected chi connectivity index (χ1v) is 6.03. The Labute approximate surface area is 103 Å². The van der Waals surface area contributed by atoms with E-state index in [1.165, 1.54) is 6.07 Å². The van der Waals surface area contributed by atoms with E-state index in [0.717, 1.165) is 37.2 Å². The zero-order chi connectivity index (χ0) is 12.9. The number of hydrogen-bond acceptors (Lipinski definition) is 3. The van der Waals surface area contributed by atoms with Crippen molar-refractivity contribution in [3.8, 4) is 0 Å². The van der Waals surface area contributed by atoms with Gasteiger partial charge in [0.05, 0.1) is 5.56 Å². The number of nitrogens with one attached hydrogen (secondary N) is 1. The smallest absolute Gasteiger partial charge is 0.350 e. The molecule has 3 nitrogen and oxygen atoms in total. The summed E-state index contributed by atoms with van der Waals surface area (Å²) in [6.07, 6.45) is -3.38. The second-order valence-corrected chi connectivity index (χ2v) is 4.89. The van der Waals surface area contributed by atoms with Gasteiger partial charge in [0.15, 0.2) is 0 Å². The van der Waals surface area contributed by atoms with Crippen LogP contribution in [0.15, 0.2) is 12.3 Å². The summed E-state index contributed by atoms with van der Waals surface area (Å²) in [5.41, 5.74) is 0.0689. The molecule has 0 amide bonds. The number of nitrogens with zero attached hydrogens (tertiary/aromatic N) is 2. The number of fused-ring (bicyclic) bond motifs is 3. The van der Waals surface area contributed by atoms with Crippen LogP contribution in [-0.2, 0) is 6.18 Å². The van der Waals surface area contributed by atoms with Gasteiger partial charge in [0, 0.05) is 43.4 Å². The van der Waals surface area contributed by atoms with Crippen LogP contribution in [0.5, 0.6) is 0 Å². The minimum atomic E-state index is -4.32. The molecule has 1 saturated heterocycles. The van der Waals surface area contributed by atoms with Gasteiger partial charge >= 0.3 is 6.18 Å². The zero-order valence-electron chi connectivity index (χ0n) is 9.96. The van der Waals surface area contributed by atoms with Crippen molar-refractivity contribution < 1.29 is 13.2 Å². The molecule has 0 radical (unpaired) electrons. The summed E-state index contributed by atoms with van der Waals surface area (Å²) in [5.74, 6) is 0.810. The number of piperazine rings is 1. The molecular weight excluding hydrogens is 243 g/mol. The number of halogens is 3. The number of rotatable bonds is 0. The third kappa shape index (κ3) is 1.67. The lowest BCUT2D eigenvalue weighted by Crippen LogP contribution is -2.50. The van der Waals surface area contributed by atoms with Crippen LogP contribution in [0.25, 0.3) is 0 Å². The molecular formula is C12H14F3N3. The number of aromatic nitrogens is 1. The predicted octanol–water partition coefficient (Wildman–Crippen LogP) is 2.00. The molecule has 0 spiro atoms. The van der Waals surface area contributed by atoms with Crippen LogP contribution in [0, 0.1) is 0 Å². The van der Waals surface area contributed by atoms with Gasteiger partial charge in [0.1, 0.15) is 5.82 Å². The van der Waals surface area contributed by atoms with E-state index in [1.807, 2.05) is 6.92 Å². The molecule has 1 fully saturated rings. The summed E-state index contributed by atoms with van der Waals surface area (Å²) < 4.78 is 38.1. The van der Waals surface area contributed by atoms with Crippen molar-refractivity contribution in [3.63, 3.8) is 0 Å². The van der Waals surface area contributed by atoms with E-state index in [1.54, 1.807) is 0 Å². The number of alkyl halides is 3. The first-order valence-electron chi connectivity index (χ1n) is 6.03. The highest BCUT2D eigenvalue weighted by Crippen LogP contribution is 2.42. The van der Waals surface area contributed by atoms with Gasteiger partial charge in [-0.1, -0.05) is 6.92 Å². The summed E-state index contributed by atoms with van der Waals surface area (Å²) in [7, 11) is 0. The van der Waals surface area contributed by atoms with Crippen LogP contribution in [0.4, 0.5) is 19.0 Å². The van der Waals surface area contributed by atoms with Crippen LogP contribution in [0.3, 0.4) is 0 Å². The number of anilines is 1. The van der Waals surface area contributed by atoms with Crippen molar-refractivity contribution in [1.29, 1.82) is 0 Å². The third-order valence-corrected chi connectivity index (χ3v) is 3.85. The van der Waals surface area contributed by atoms with Crippen molar-refractivity contribution in [2.24, 2.45) is 0 Å². The fourth-order valence-corrected chi connectivity index (χ4v) is 2.85. The molecule has 18 heavy (non-hydrogen) atoms. The van der Waals surface area contributed by atoms with Gasteiger partial charge in [-0.15, -0.1) is 0 Å². The van der Waals surface area contributed by atoms with E-state index < -0.39 is 11.7 Å². The first-order chi connectivity index (χ1) is 8.48. The van der Waals surface area contributed by atoms with E-state index in [4.69, 9.17) is 0 Å². The Bertz CT molecular complexity index is 472. The molecule has 2 aliphatic rings. The van der Waals surface area contributed by atoms with E-state index in [-0.39, 0.29) is 12.0 Å². The monoisotopic (exact) mass is 257 g/mol. The van der Waals surface area contributed by atoms with Gasteiger partial charge in [-0.3, -0.25) is 0 Å². The van der Waals surface area contributed by atoms with E-state index in [9.17, 15) is 13.2 Å². The highest BCUT2D eigenvalue weighted by molar-refractivity contribution is 5.58. The summed E-state index contributed by atoms with van der Waals surface area (Å²) in [5, 5.41) is 3.27. The summed E-state index contributed by atoms with van der Waals surface area (Å²) in [6.45, 7) is 4.43. The van der Waals surface area contributed by atoms with Gasteiger partial charge in [-0.25, -0.2) is 4.98 Å². The lowest BCUT2D eigenvalue weighted by Gasteiger charge is -2.33. The maximum absolute atomic E-state index is 12.7. The van der Waals surface area contributed by atoms with E-state index >= 15 is 0 Å². The average Bonchev–Trinajstić information content (AvgIpc) is 2.63. The zero-order valence-corrected chi connectivity index (χ0v) is 9.96. The second-order valence-electron chi connectivity index (χ2n) is 4.89. The molecule has 0 aromatic carbocycles. The predicted molar refractivity (Wildman–Crippen MR) is 61.7 cm³/mol. The van der Waals surface area contributed by atoms with E-state index in [0.29, 0.717) is 0 Å². The summed E-state index contributed by atoms with van der Waals surface area (Å²) >= 11 is 0. The van der Waals surface area contributed by atoms with Crippen LogP contribution in [0.2, 0.25) is 0 Å². The van der Waals surface area contributed by atoms with Crippen molar-refractivity contribution >= 4 is 5.82 Å². The maximum Gasteiger partial charge on any atom is 0.417 e. The Morgan fingerprint density at radius 3 is 2.94 bits per heavy atom. The van der Waals surface area contributed by atoms with Gasteiger partial charge in [0.2, 0.25) is 0 Å². The Hall–Kier alpha value is -1.30. The van der Waals surface area contributed by atoms with E-state index in [2.05, 4.69) is 15.2 Å². The normalized spacial score (nSPS) is 27.0. The Morgan fingerprint density at radius 1 is 1.44 bits per heavy atom. The highest BCUT2D eigenvalue weighted by atomic mass is 19.4. The summed E-state index contributed by atoms with van der Waals surface area (Å²) in [6, 6.07) is 1.48. The van der Waals surface area contributed by atoms with Crippen LogP contribution in [-0.4, -0.2) is 30.7 Å². The first kappa shape index (κ1) is 11.8. The SMILES string of the molecule is C[C@H]1c2cc(C(F)(F)F)cnc2N2CCNC[C@@H]12. The maximum atomic E-state index is 12.7. The van der Waals surface area contributed by atoms with Gasteiger partial charge < -0.3 is 10.2 Å². The average molecular weight is 257 g/mol. The molecule has 3 rings (SSSR count). The fourth-order valence-electron chi connectivity index (χ4n) is 2.85. The van der Waals surface area contributed by atoms with Crippen molar-refractivity contribution in [2.45, 2.75) is 25.1 Å². The molecule has 2 aliphatic heterocycles. The Kier molecular flexibility index (Phi) is 2.52. The number of pyridine rings is 1. The molecule has 0 unspecified atom stereocenters. The molecule has 1 aromatic rings. The quantitative estimate of drug-likeness (QED) is 0.770. The second kappa shape index (κ2) is 3.85. The fraction of sp³-hybridized carbons (Fsp3) is 0.583. The lowest BCUT2D eigenvalue weighted by molar-refractivity contribution is -0.137. The van der Waals surface area contributed by atoms with Gasteiger partial charge in [-0.05, 0) is 6.07 Å². The molecule has 0 bridgehead atoms. The minimum absolute atomic E-state index is 0.0857. The molecule has 1 N–H and O–H groups in total. The highest BCUT2D eigenvalue weighted by Gasteiger charge is 2.40. The molecule has 0 saturated carbocycles. The van der Waals surface area contributed by atoms with Crippen molar-refractivity contribution in [2.75, 3.05) is 24.5 Å². The molecule has 1 aromatic heterocycles. The molecule has 98 valence electrons. The van der Waals surface area contributed by atoms with Crippen LogP contribution < -0.4 is 10.2 Å². The molecule has 2 atom stereocenters.